The first-order valence-corrected chi connectivity index (χ1v) is 10.2. The Bertz CT molecular complexity index is 993. The van der Waals surface area contributed by atoms with E-state index in [-0.39, 0.29) is 23.7 Å². The molecule has 1 N–H and O–H groups in total. The molecule has 160 valence electrons. The molecule has 0 atom stereocenters. The monoisotopic (exact) mass is 457 g/mol. The number of hydrogen-bond donors (Lipinski definition) is 1. The smallest absolute Gasteiger partial charge is 0.352 e. The van der Waals surface area contributed by atoms with Crippen LogP contribution in [0.5, 0.6) is 0 Å². The molecule has 0 aliphatic carbocycles. The Labute approximate surface area is 168 Å². The fourth-order valence-corrected chi connectivity index (χ4v) is 2.93. The summed E-state index contributed by atoms with van der Waals surface area (Å²) in [7, 11) is -3.75. The number of aromatic nitrogens is 2. The van der Waals surface area contributed by atoms with Crippen molar-refractivity contribution in [2.45, 2.75) is 25.7 Å². The quantitative estimate of drug-likeness (QED) is 0.486. The Kier molecular flexibility index (Phi) is 7.25. The Morgan fingerprint density at radius 1 is 1.31 bits per heavy atom. The first kappa shape index (κ1) is 23.1. The fraction of sp³-hybridized carbons (Fsp3) is 0.375. The van der Waals surface area contributed by atoms with Crippen molar-refractivity contribution in [3.63, 3.8) is 0 Å². The van der Waals surface area contributed by atoms with Gasteiger partial charge in [0.25, 0.3) is 10.1 Å². The van der Waals surface area contributed by atoms with Crippen molar-refractivity contribution in [1.29, 1.82) is 0 Å². The molecule has 0 aliphatic heterocycles. The fourth-order valence-electron chi connectivity index (χ4n) is 2.32. The average Bonchev–Trinajstić information content (AvgIpc) is 2.95. The first-order chi connectivity index (χ1) is 13.3. The Morgan fingerprint density at radius 2 is 2.00 bits per heavy atom. The van der Waals surface area contributed by atoms with Gasteiger partial charge in [-0.1, -0.05) is 17.7 Å². The van der Waals surface area contributed by atoms with Crippen LogP contribution in [0.1, 0.15) is 16.8 Å². The van der Waals surface area contributed by atoms with E-state index in [1.807, 2.05) is 0 Å². The van der Waals surface area contributed by atoms with E-state index in [0.29, 0.717) is 5.56 Å². The van der Waals surface area contributed by atoms with Crippen LogP contribution < -0.4 is 5.32 Å². The van der Waals surface area contributed by atoms with Crippen LogP contribution in [0.2, 0.25) is 5.02 Å². The van der Waals surface area contributed by atoms with Crippen molar-refractivity contribution in [3.8, 4) is 0 Å². The summed E-state index contributed by atoms with van der Waals surface area (Å²) in [6.07, 6.45) is -3.63. The maximum absolute atomic E-state index is 13.2. The van der Waals surface area contributed by atoms with Crippen molar-refractivity contribution in [2.75, 3.05) is 12.9 Å². The second kappa shape index (κ2) is 9.09. The van der Waals surface area contributed by atoms with Crippen LogP contribution in [0.15, 0.2) is 24.4 Å². The molecule has 0 saturated carbocycles. The predicted octanol–water partition coefficient (Wildman–Crippen LogP) is 2.53. The molecule has 0 fully saturated rings. The minimum absolute atomic E-state index is 0.0694. The molecule has 0 aliphatic rings. The molecule has 0 radical (unpaired) electrons. The third kappa shape index (κ3) is 7.29. The minimum Gasteiger partial charge on any atom is -0.352 e. The second-order valence-corrected chi connectivity index (χ2v) is 8.03. The number of carbonyl (C=O) groups excluding carboxylic acids is 1. The number of rotatable bonds is 8. The summed E-state index contributed by atoms with van der Waals surface area (Å²) in [5, 5.41) is 5.84. The van der Waals surface area contributed by atoms with Gasteiger partial charge in [0.2, 0.25) is 5.91 Å². The van der Waals surface area contributed by atoms with Gasteiger partial charge in [0.1, 0.15) is 5.82 Å². The zero-order valence-corrected chi connectivity index (χ0v) is 16.5. The molecule has 1 heterocycles. The number of alkyl halides is 3. The van der Waals surface area contributed by atoms with Crippen LogP contribution in [-0.4, -0.2) is 37.0 Å². The highest BCUT2D eigenvalue weighted by Gasteiger charge is 2.37. The number of benzene rings is 1. The second-order valence-electron chi connectivity index (χ2n) is 5.98. The molecule has 2 rings (SSSR count). The van der Waals surface area contributed by atoms with Crippen LogP contribution in [-0.2, 0) is 44.8 Å². The molecule has 0 bridgehead atoms. The number of hydrogen-bond acceptors (Lipinski definition) is 5. The number of nitrogens with one attached hydrogen (secondary N) is 1. The van der Waals surface area contributed by atoms with E-state index in [0.717, 1.165) is 29.3 Å². The molecule has 1 aromatic heterocycles. The Balaban J connectivity index is 2.06. The zero-order chi connectivity index (χ0) is 21.8. The summed E-state index contributed by atoms with van der Waals surface area (Å²) in [6, 6.07) is 3.53. The molecule has 1 aromatic carbocycles. The summed E-state index contributed by atoms with van der Waals surface area (Å²) in [6.45, 7) is -0.773. The average molecular weight is 458 g/mol. The van der Waals surface area contributed by atoms with E-state index in [1.54, 1.807) is 0 Å². The van der Waals surface area contributed by atoms with Gasteiger partial charge in [-0.2, -0.15) is 26.7 Å². The Hall–Kier alpha value is -2.18. The van der Waals surface area contributed by atoms with Crippen LogP contribution in [0.25, 0.3) is 0 Å². The van der Waals surface area contributed by atoms with E-state index in [9.17, 15) is 30.8 Å². The molecule has 0 unspecified atom stereocenters. The maximum atomic E-state index is 13.2. The Morgan fingerprint density at radius 3 is 2.59 bits per heavy atom. The van der Waals surface area contributed by atoms with Gasteiger partial charge in [-0.25, -0.2) is 4.39 Å². The third-order valence-corrected chi connectivity index (χ3v) is 4.51. The highest BCUT2D eigenvalue weighted by Crippen LogP contribution is 2.31. The summed E-state index contributed by atoms with van der Waals surface area (Å²) in [5.41, 5.74) is -1.25. The van der Waals surface area contributed by atoms with Crippen LogP contribution >= 0.6 is 11.6 Å². The van der Waals surface area contributed by atoms with Gasteiger partial charge >= 0.3 is 6.18 Å². The van der Waals surface area contributed by atoms with E-state index >= 15 is 0 Å². The number of halogens is 5. The normalized spacial score (nSPS) is 12.2. The standard InChI is InChI=1S/C16H16ClF4N3O4S/c1-29(26,27)28-5-4-24-9-11(15(23-24)16(19,20)21)6-14(25)22-8-10-2-3-12(18)7-13(10)17/h2-3,7,9H,4-6,8H2,1H3,(H,22,25). The highest BCUT2D eigenvalue weighted by atomic mass is 35.5. The molecule has 7 nitrogen and oxygen atoms in total. The molecule has 0 saturated heterocycles. The van der Waals surface area contributed by atoms with Crippen LogP contribution in [0.4, 0.5) is 17.6 Å². The van der Waals surface area contributed by atoms with Gasteiger partial charge in [0.05, 0.1) is 25.8 Å². The van der Waals surface area contributed by atoms with Crippen molar-refractivity contribution in [1.82, 2.24) is 15.1 Å². The zero-order valence-electron chi connectivity index (χ0n) is 15.0. The molecular formula is C16H16ClF4N3O4S. The van der Waals surface area contributed by atoms with Crippen LogP contribution in [0, 0.1) is 5.82 Å². The number of nitrogens with zero attached hydrogens (tertiary/aromatic N) is 2. The summed E-state index contributed by atoms with van der Waals surface area (Å²) in [4.78, 5) is 12.1. The van der Waals surface area contributed by atoms with Crippen molar-refractivity contribution in [3.05, 3.63) is 52.1 Å². The largest absolute Gasteiger partial charge is 0.435 e. The SMILES string of the molecule is CS(=O)(=O)OCCn1cc(CC(=O)NCc2ccc(F)cc2Cl)c(C(F)(F)F)n1. The lowest BCUT2D eigenvalue weighted by molar-refractivity contribution is -0.142. The third-order valence-electron chi connectivity index (χ3n) is 3.57. The molecule has 29 heavy (non-hydrogen) atoms. The lowest BCUT2D eigenvalue weighted by Crippen LogP contribution is -2.25. The molecule has 13 heteroatoms. The van der Waals surface area contributed by atoms with E-state index in [4.69, 9.17) is 11.6 Å². The number of carbonyl (C=O) groups is 1. The maximum Gasteiger partial charge on any atom is 0.435 e. The first-order valence-electron chi connectivity index (χ1n) is 8.03. The highest BCUT2D eigenvalue weighted by molar-refractivity contribution is 7.85. The predicted molar refractivity (Wildman–Crippen MR) is 95.0 cm³/mol. The van der Waals surface area contributed by atoms with Gasteiger partial charge in [-0.05, 0) is 17.7 Å². The van der Waals surface area contributed by atoms with Crippen molar-refractivity contribution >= 4 is 27.6 Å². The van der Waals surface area contributed by atoms with Crippen molar-refractivity contribution < 1.29 is 35.0 Å². The van der Waals surface area contributed by atoms with Gasteiger partial charge in [-0.15, -0.1) is 0 Å². The molecule has 1 amide bonds. The lowest BCUT2D eigenvalue weighted by Gasteiger charge is -2.08. The van der Waals surface area contributed by atoms with Crippen molar-refractivity contribution in [2.24, 2.45) is 0 Å². The molecular weight excluding hydrogens is 442 g/mol. The van der Waals surface area contributed by atoms with E-state index in [1.165, 1.54) is 6.07 Å². The van der Waals surface area contributed by atoms with Gasteiger partial charge in [0.15, 0.2) is 5.69 Å². The van der Waals surface area contributed by atoms with Gasteiger partial charge in [0, 0.05) is 23.3 Å². The molecule has 2 aromatic rings. The van der Waals surface area contributed by atoms with E-state index < -0.39 is 46.7 Å². The minimum atomic E-state index is -4.81. The lowest BCUT2D eigenvalue weighted by atomic mass is 10.1. The van der Waals surface area contributed by atoms with Crippen LogP contribution in [0.3, 0.4) is 0 Å². The summed E-state index contributed by atoms with van der Waals surface area (Å²) < 4.78 is 79.7. The van der Waals surface area contributed by atoms with Gasteiger partial charge < -0.3 is 5.32 Å². The summed E-state index contributed by atoms with van der Waals surface area (Å²) >= 11 is 5.83. The molecule has 0 spiro atoms. The van der Waals surface area contributed by atoms with Gasteiger partial charge in [-0.3, -0.25) is 13.7 Å². The topological polar surface area (TPSA) is 90.3 Å². The number of amides is 1. The van der Waals surface area contributed by atoms with E-state index in [2.05, 4.69) is 14.6 Å². The summed E-state index contributed by atoms with van der Waals surface area (Å²) in [5.74, 6) is -1.30.